The molecule has 0 atom stereocenters. The number of rotatable bonds is 7. The fourth-order valence-electron chi connectivity index (χ4n) is 2.42. The molecule has 2 aromatic rings. The van der Waals surface area contributed by atoms with Crippen LogP contribution in [0.15, 0.2) is 59.5 Å². The quantitative estimate of drug-likeness (QED) is 0.777. The van der Waals surface area contributed by atoms with Gasteiger partial charge in [-0.1, -0.05) is 24.3 Å². The van der Waals surface area contributed by atoms with Crippen LogP contribution >= 0.6 is 0 Å². The maximum Gasteiger partial charge on any atom is 0.264 e. The fourth-order valence-corrected chi connectivity index (χ4v) is 3.94. The summed E-state index contributed by atoms with van der Waals surface area (Å²) >= 11 is 0. The van der Waals surface area contributed by atoms with Crippen molar-refractivity contribution < 1.29 is 13.2 Å². The number of sulfonamides is 1. The van der Waals surface area contributed by atoms with E-state index in [2.05, 4.69) is 5.32 Å². The first-order valence-electron chi connectivity index (χ1n) is 8.40. The molecule has 3 N–H and O–H groups in total. The summed E-state index contributed by atoms with van der Waals surface area (Å²) in [5.74, 6) is -0.358. The van der Waals surface area contributed by atoms with E-state index in [1.807, 2.05) is 6.07 Å². The first kappa shape index (κ1) is 19.9. The Bertz CT molecular complexity index is 859. The molecule has 7 heteroatoms. The van der Waals surface area contributed by atoms with Crippen LogP contribution < -0.4 is 15.4 Å². The summed E-state index contributed by atoms with van der Waals surface area (Å²) in [4.78, 5) is 12.4. The minimum atomic E-state index is -3.77. The summed E-state index contributed by atoms with van der Waals surface area (Å²) in [7, 11) is -3.77. The minimum Gasteiger partial charge on any atom is -0.350 e. The van der Waals surface area contributed by atoms with Gasteiger partial charge in [-0.3, -0.25) is 9.10 Å². The van der Waals surface area contributed by atoms with Crippen molar-refractivity contribution in [3.05, 3.63) is 60.2 Å². The van der Waals surface area contributed by atoms with E-state index in [1.165, 1.54) is 16.4 Å². The average molecular weight is 375 g/mol. The van der Waals surface area contributed by atoms with Crippen molar-refractivity contribution in [1.82, 2.24) is 5.32 Å². The van der Waals surface area contributed by atoms with Crippen molar-refractivity contribution in [3.8, 4) is 0 Å². The molecule has 6 nitrogen and oxygen atoms in total. The molecule has 0 bridgehead atoms. The van der Waals surface area contributed by atoms with Gasteiger partial charge in [0.05, 0.1) is 10.6 Å². The largest absolute Gasteiger partial charge is 0.350 e. The molecule has 1 amide bonds. The summed E-state index contributed by atoms with van der Waals surface area (Å²) in [6.45, 7) is 5.93. The molecule has 0 aliphatic carbocycles. The van der Waals surface area contributed by atoms with Gasteiger partial charge in [-0.2, -0.15) is 0 Å². The Hall–Kier alpha value is -2.38. The number of benzene rings is 2. The van der Waals surface area contributed by atoms with Crippen LogP contribution in [0.3, 0.4) is 0 Å². The second-order valence-corrected chi connectivity index (χ2v) is 8.57. The van der Waals surface area contributed by atoms with Gasteiger partial charge in [-0.05, 0) is 51.1 Å². The van der Waals surface area contributed by atoms with Gasteiger partial charge in [0.1, 0.15) is 0 Å². The molecule has 2 aromatic carbocycles. The van der Waals surface area contributed by atoms with Crippen LogP contribution in [-0.4, -0.2) is 33.0 Å². The number of nitrogens with zero attached hydrogens (tertiary/aromatic N) is 1. The predicted octanol–water partition coefficient (Wildman–Crippen LogP) is 2.37. The Balaban J connectivity index is 2.32. The van der Waals surface area contributed by atoms with E-state index >= 15 is 0 Å². The highest BCUT2D eigenvalue weighted by molar-refractivity contribution is 7.92. The van der Waals surface area contributed by atoms with Gasteiger partial charge < -0.3 is 11.1 Å². The second-order valence-electron chi connectivity index (χ2n) is 6.70. The molecule has 140 valence electrons. The number of nitrogens with two attached hydrogens (primary N) is 1. The lowest BCUT2D eigenvalue weighted by Crippen LogP contribution is -2.45. The zero-order valence-corrected chi connectivity index (χ0v) is 16.1. The van der Waals surface area contributed by atoms with E-state index in [0.717, 1.165) is 0 Å². The van der Waals surface area contributed by atoms with Crippen LogP contribution in [-0.2, 0) is 10.0 Å². The van der Waals surface area contributed by atoms with Gasteiger partial charge in [0.15, 0.2) is 0 Å². The molecule has 0 heterocycles. The van der Waals surface area contributed by atoms with Crippen molar-refractivity contribution in [1.29, 1.82) is 0 Å². The first-order valence-corrected chi connectivity index (χ1v) is 9.84. The molecule has 0 fully saturated rings. The number of carbonyl (C=O) groups excluding carboxylic acids is 1. The van der Waals surface area contributed by atoms with E-state index < -0.39 is 15.6 Å². The molecular weight excluding hydrogens is 350 g/mol. The molecule has 0 unspecified atom stereocenters. The highest BCUT2D eigenvalue weighted by Gasteiger charge is 2.24. The summed E-state index contributed by atoms with van der Waals surface area (Å²) in [6, 6.07) is 14.9. The molecule has 2 rings (SSSR count). The summed E-state index contributed by atoms with van der Waals surface area (Å²) in [5, 5.41) is 2.72. The van der Waals surface area contributed by atoms with Crippen molar-refractivity contribution in [3.63, 3.8) is 0 Å². The highest BCUT2D eigenvalue weighted by Crippen LogP contribution is 2.23. The van der Waals surface area contributed by atoms with Gasteiger partial charge in [0, 0.05) is 24.2 Å². The number of para-hydroxylation sites is 1. The van der Waals surface area contributed by atoms with E-state index in [-0.39, 0.29) is 29.5 Å². The van der Waals surface area contributed by atoms with Crippen LogP contribution in [0.5, 0.6) is 0 Å². The number of nitrogens with one attached hydrogen (secondary N) is 1. The van der Waals surface area contributed by atoms with Crippen molar-refractivity contribution >= 4 is 21.6 Å². The molecular formula is C19H25N3O3S. The first-order chi connectivity index (χ1) is 12.1. The SMILES string of the molecule is CCN(c1ccccc1)S(=O)(=O)c1cccc(C(=O)NCC(C)(C)N)c1. The lowest BCUT2D eigenvalue weighted by molar-refractivity contribution is 0.0946. The van der Waals surface area contributed by atoms with Crippen LogP contribution in [0.2, 0.25) is 0 Å². The lowest BCUT2D eigenvalue weighted by atomic mass is 10.1. The maximum absolute atomic E-state index is 13.0. The van der Waals surface area contributed by atoms with Gasteiger partial charge >= 0.3 is 0 Å². The second kappa shape index (κ2) is 7.88. The monoisotopic (exact) mass is 375 g/mol. The number of carbonyl (C=O) groups is 1. The Kier molecular flexibility index (Phi) is 6.05. The summed E-state index contributed by atoms with van der Waals surface area (Å²) in [5.41, 5.74) is 6.17. The molecule has 0 spiro atoms. The average Bonchev–Trinajstić information content (AvgIpc) is 2.60. The lowest BCUT2D eigenvalue weighted by Gasteiger charge is -2.23. The van der Waals surface area contributed by atoms with E-state index in [9.17, 15) is 13.2 Å². The van der Waals surface area contributed by atoms with Crippen LogP contribution in [0.25, 0.3) is 0 Å². The molecule has 0 aliphatic heterocycles. The van der Waals surface area contributed by atoms with Crippen molar-refractivity contribution in [2.45, 2.75) is 31.2 Å². The Morgan fingerprint density at radius 1 is 1.12 bits per heavy atom. The van der Waals surface area contributed by atoms with Gasteiger partial charge in [0.2, 0.25) is 0 Å². The molecule has 0 saturated heterocycles. The Morgan fingerprint density at radius 3 is 2.35 bits per heavy atom. The number of hydrogen-bond donors (Lipinski definition) is 2. The topological polar surface area (TPSA) is 92.5 Å². The smallest absolute Gasteiger partial charge is 0.264 e. The number of anilines is 1. The Labute approximate surface area is 155 Å². The number of hydrogen-bond acceptors (Lipinski definition) is 4. The fraction of sp³-hybridized carbons (Fsp3) is 0.316. The predicted molar refractivity (Wildman–Crippen MR) is 104 cm³/mol. The molecule has 0 aromatic heterocycles. The third-order valence-electron chi connectivity index (χ3n) is 3.72. The summed E-state index contributed by atoms with van der Waals surface area (Å²) < 4.78 is 27.4. The third-order valence-corrected chi connectivity index (χ3v) is 5.62. The van der Waals surface area contributed by atoms with Crippen LogP contribution in [0.1, 0.15) is 31.1 Å². The molecule has 26 heavy (non-hydrogen) atoms. The maximum atomic E-state index is 13.0. The highest BCUT2D eigenvalue weighted by atomic mass is 32.2. The van der Waals surface area contributed by atoms with Crippen molar-refractivity contribution in [2.24, 2.45) is 5.73 Å². The van der Waals surface area contributed by atoms with E-state index in [1.54, 1.807) is 57.2 Å². The van der Waals surface area contributed by atoms with Gasteiger partial charge in [0.25, 0.3) is 15.9 Å². The van der Waals surface area contributed by atoms with Crippen LogP contribution in [0, 0.1) is 0 Å². The zero-order chi connectivity index (χ0) is 19.4. The van der Waals surface area contributed by atoms with E-state index in [4.69, 9.17) is 5.73 Å². The summed E-state index contributed by atoms with van der Waals surface area (Å²) in [6.07, 6.45) is 0. The molecule has 0 aliphatic rings. The molecule has 0 radical (unpaired) electrons. The Morgan fingerprint density at radius 2 is 1.77 bits per heavy atom. The normalized spacial score (nSPS) is 11.8. The standard InChI is InChI=1S/C19H25N3O3S/c1-4-22(16-10-6-5-7-11-16)26(24,25)17-12-8-9-15(13-17)18(23)21-14-19(2,3)20/h5-13H,4,14,20H2,1-3H3,(H,21,23). The number of amides is 1. The molecule has 0 saturated carbocycles. The minimum absolute atomic E-state index is 0.0721. The van der Waals surface area contributed by atoms with Crippen LogP contribution in [0.4, 0.5) is 5.69 Å². The van der Waals surface area contributed by atoms with E-state index in [0.29, 0.717) is 5.69 Å². The van der Waals surface area contributed by atoms with Gasteiger partial charge in [-0.15, -0.1) is 0 Å². The van der Waals surface area contributed by atoms with Crippen molar-refractivity contribution in [2.75, 3.05) is 17.4 Å². The third kappa shape index (κ3) is 4.83. The van der Waals surface area contributed by atoms with Gasteiger partial charge in [-0.25, -0.2) is 8.42 Å². The zero-order valence-electron chi connectivity index (χ0n) is 15.3.